The van der Waals surface area contributed by atoms with E-state index in [0.29, 0.717) is 12.5 Å². The molecule has 0 spiro atoms. The van der Waals surface area contributed by atoms with Crippen LogP contribution in [-0.4, -0.2) is 78.1 Å². The zero-order valence-electron chi connectivity index (χ0n) is 47.5. The number of hydrogen-bond acceptors (Lipinski definition) is 4. The topological polar surface area (TPSA) is 47.0 Å². The number of amides is 1. The van der Waals surface area contributed by atoms with Gasteiger partial charge in [-0.05, 0) is 90.3 Å². The molecule has 0 rings (SSSR count). The van der Waals surface area contributed by atoms with Gasteiger partial charge in [-0.2, -0.15) is 0 Å². The van der Waals surface area contributed by atoms with E-state index in [-0.39, 0.29) is 0 Å². The lowest BCUT2D eigenvalue weighted by atomic mass is 10.1. The van der Waals surface area contributed by atoms with E-state index in [1.54, 1.807) is 0 Å². The van der Waals surface area contributed by atoms with Crippen LogP contribution in [0.2, 0.25) is 0 Å². The lowest BCUT2D eigenvalue weighted by molar-refractivity contribution is -0.131. The predicted molar refractivity (Wildman–Crippen MR) is 305 cm³/mol. The van der Waals surface area contributed by atoms with E-state index in [9.17, 15) is 9.90 Å². The number of allylic oxidation sites excluding steroid dienone is 1. The molecule has 0 saturated heterocycles. The summed E-state index contributed by atoms with van der Waals surface area (Å²) in [4.78, 5) is 21.2. The Morgan fingerprint density at radius 2 is 0.529 bits per heavy atom. The summed E-state index contributed by atoms with van der Waals surface area (Å²) in [5, 5.41) is 9.28. The molecule has 0 unspecified atom stereocenters. The Bertz CT molecular complexity index is 878. The summed E-state index contributed by atoms with van der Waals surface area (Å²) in [6.07, 6.45) is 62.8. The monoisotopic (exact) mass is 958 g/mol. The first-order chi connectivity index (χ1) is 33.5. The van der Waals surface area contributed by atoms with Crippen LogP contribution >= 0.6 is 0 Å². The highest BCUT2D eigenvalue weighted by atomic mass is 16.3. The molecule has 0 aromatic heterocycles. The minimum Gasteiger partial charge on any atom is -0.396 e. The molecule has 0 aliphatic carbocycles. The van der Waals surface area contributed by atoms with E-state index in [0.717, 1.165) is 38.8 Å². The normalized spacial score (nSPS) is 11.6. The summed E-state index contributed by atoms with van der Waals surface area (Å²) in [6.45, 7) is 22.3. The lowest BCUT2D eigenvalue weighted by Crippen LogP contribution is -2.32. The molecule has 0 atom stereocenters. The van der Waals surface area contributed by atoms with E-state index < -0.39 is 0 Å². The van der Waals surface area contributed by atoms with Gasteiger partial charge in [0.1, 0.15) is 0 Å². The van der Waals surface area contributed by atoms with Gasteiger partial charge in [0.15, 0.2) is 0 Å². The summed E-state index contributed by atoms with van der Waals surface area (Å²) in [6, 6.07) is 0. The van der Waals surface area contributed by atoms with Gasteiger partial charge in [0.2, 0.25) is 5.91 Å². The van der Waals surface area contributed by atoms with Crippen LogP contribution in [-0.2, 0) is 4.79 Å². The van der Waals surface area contributed by atoms with Crippen molar-refractivity contribution in [3.63, 3.8) is 0 Å². The smallest absolute Gasteiger partial charge is 0.222 e. The van der Waals surface area contributed by atoms with Crippen molar-refractivity contribution in [1.29, 1.82) is 0 Å². The molecule has 1 amide bonds. The van der Waals surface area contributed by atoms with Crippen LogP contribution in [0.3, 0.4) is 0 Å². The van der Waals surface area contributed by atoms with Gasteiger partial charge in [0.25, 0.3) is 0 Å². The molecule has 0 fully saturated rings. The molecule has 5 nitrogen and oxygen atoms in total. The van der Waals surface area contributed by atoms with Crippen molar-refractivity contribution >= 4 is 5.91 Å². The molecule has 5 heteroatoms. The number of carbonyl (C=O) groups is 1. The molecular formula is C63H127N3O2. The van der Waals surface area contributed by atoms with Crippen molar-refractivity contribution in [3.8, 4) is 0 Å². The van der Waals surface area contributed by atoms with Crippen molar-refractivity contribution in [2.75, 3.05) is 52.4 Å². The summed E-state index contributed by atoms with van der Waals surface area (Å²) in [5.74, 6) is 0.429. The Kier molecular flexibility index (Phi) is 55.9. The van der Waals surface area contributed by atoms with Crippen LogP contribution in [0.15, 0.2) is 12.3 Å². The Morgan fingerprint density at radius 1 is 0.294 bits per heavy atom. The summed E-state index contributed by atoms with van der Waals surface area (Å²) in [7, 11) is 0. The second-order valence-corrected chi connectivity index (χ2v) is 21.8. The van der Waals surface area contributed by atoms with Gasteiger partial charge in [-0.1, -0.05) is 265 Å². The molecule has 1 N–H and O–H groups in total. The number of rotatable bonds is 59. The summed E-state index contributed by atoms with van der Waals surface area (Å²) >= 11 is 0. The number of aliphatic hydroxyl groups excluding tert-OH is 1. The fraction of sp³-hybridized carbons (Fsp3) is 0.952. The second kappa shape index (κ2) is 56.8. The van der Waals surface area contributed by atoms with Crippen LogP contribution in [0.4, 0.5) is 0 Å². The third-order valence-corrected chi connectivity index (χ3v) is 15.1. The van der Waals surface area contributed by atoms with Gasteiger partial charge in [-0.25, -0.2) is 0 Å². The highest BCUT2D eigenvalue weighted by Gasteiger charge is 2.14. The molecule has 0 aliphatic heterocycles. The quantitative estimate of drug-likeness (QED) is 0.0617. The molecule has 406 valence electrons. The minimum absolute atomic E-state index is 0.329. The zero-order chi connectivity index (χ0) is 49.5. The first-order valence-electron chi connectivity index (χ1n) is 31.6. The minimum atomic E-state index is 0.329. The number of aliphatic hydroxyl groups is 1. The maximum Gasteiger partial charge on any atom is 0.222 e. The van der Waals surface area contributed by atoms with Gasteiger partial charge >= 0.3 is 0 Å². The largest absolute Gasteiger partial charge is 0.396 e. The number of unbranched alkanes of at least 4 members (excludes halogenated alkanes) is 39. The third-order valence-electron chi connectivity index (χ3n) is 15.1. The van der Waals surface area contributed by atoms with E-state index in [2.05, 4.69) is 49.0 Å². The number of carbonyl (C=O) groups excluding carboxylic acids is 1. The standard InChI is InChI=1S/C63H127N3O2/c1-6-10-14-18-22-26-36-47-57-65(58-48-37-27-23-19-15-11-7-2)62(5)52-42-32-30-34-44-54-64(56-46-40-41-51-61-67)55-45-35-31-33-43-53-63(68)66(59-49-38-28-24-20-16-12-8-3)60-50-39-29-25-21-17-13-9-4/h67H,5-61H2,1-4H3. The molecular weight excluding hydrogens is 831 g/mol. The third kappa shape index (κ3) is 48.6. The van der Waals surface area contributed by atoms with Gasteiger partial charge in [0, 0.05) is 44.9 Å². The molecule has 0 aromatic rings. The zero-order valence-corrected chi connectivity index (χ0v) is 47.5. The Morgan fingerprint density at radius 3 is 0.838 bits per heavy atom. The van der Waals surface area contributed by atoms with Crippen LogP contribution in [0.5, 0.6) is 0 Å². The maximum absolute atomic E-state index is 13.5. The maximum atomic E-state index is 13.5. The second-order valence-electron chi connectivity index (χ2n) is 21.8. The molecule has 0 saturated carbocycles. The Labute approximate surface area is 429 Å². The molecule has 68 heavy (non-hydrogen) atoms. The molecule has 0 bridgehead atoms. The average molecular weight is 959 g/mol. The fourth-order valence-corrected chi connectivity index (χ4v) is 10.3. The highest BCUT2D eigenvalue weighted by Crippen LogP contribution is 2.19. The Hall–Kier alpha value is -1.07. The first-order valence-corrected chi connectivity index (χ1v) is 31.6. The highest BCUT2D eigenvalue weighted by molar-refractivity contribution is 5.76. The van der Waals surface area contributed by atoms with Crippen molar-refractivity contribution in [2.45, 2.75) is 336 Å². The first kappa shape index (κ1) is 66.9. The van der Waals surface area contributed by atoms with E-state index >= 15 is 0 Å². The van der Waals surface area contributed by atoms with Gasteiger partial charge in [0.05, 0.1) is 0 Å². The SMILES string of the molecule is C=C(CCCCCCCN(CCCCCCO)CCCCCCCC(=O)N(CCCCCCCCCC)CCCCCCCCCC)N(CCCCCCCCCC)CCCCCCCCCC. The summed E-state index contributed by atoms with van der Waals surface area (Å²) in [5.41, 5.74) is 1.42. The van der Waals surface area contributed by atoms with Gasteiger partial charge in [-0.3, -0.25) is 4.79 Å². The molecule has 0 aliphatic rings. The fourth-order valence-electron chi connectivity index (χ4n) is 10.3. The van der Waals surface area contributed by atoms with E-state index in [4.69, 9.17) is 0 Å². The van der Waals surface area contributed by atoms with Crippen molar-refractivity contribution in [3.05, 3.63) is 12.3 Å². The van der Waals surface area contributed by atoms with Crippen molar-refractivity contribution in [1.82, 2.24) is 14.7 Å². The van der Waals surface area contributed by atoms with E-state index in [1.807, 2.05) is 0 Å². The van der Waals surface area contributed by atoms with Crippen molar-refractivity contribution < 1.29 is 9.90 Å². The van der Waals surface area contributed by atoms with Gasteiger partial charge in [-0.15, -0.1) is 0 Å². The predicted octanol–water partition coefficient (Wildman–Crippen LogP) is 19.7. The molecule has 0 radical (unpaired) electrons. The summed E-state index contributed by atoms with van der Waals surface area (Å²) < 4.78 is 0. The molecule has 0 aromatic carbocycles. The number of hydrogen-bond donors (Lipinski definition) is 1. The van der Waals surface area contributed by atoms with Crippen LogP contribution < -0.4 is 0 Å². The Balaban J connectivity index is 4.67. The lowest BCUT2D eigenvalue weighted by Gasteiger charge is -2.27. The molecule has 0 heterocycles. The average Bonchev–Trinajstić information content (AvgIpc) is 3.34. The van der Waals surface area contributed by atoms with Crippen LogP contribution in [0.25, 0.3) is 0 Å². The van der Waals surface area contributed by atoms with E-state index in [1.165, 1.54) is 321 Å². The van der Waals surface area contributed by atoms with Crippen molar-refractivity contribution in [2.24, 2.45) is 0 Å². The van der Waals surface area contributed by atoms with Gasteiger partial charge < -0.3 is 19.8 Å². The van der Waals surface area contributed by atoms with Crippen LogP contribution in [0, 0.1) is 0 Å². The number of nitrogens with zero attached hydrogens (tertiary/aromatic N) is 3. The van der Waals surface area contributed by atoms with Crippen LogP contribution in [0.1, 0.15) is 336 Å².